The van der Waals surface area contributed by atoms with Crippen molar-refractivity contribution in [2.45, 2.75) is 32.1 Å². The van der Waals surface area contributed by atoms with Crippen LogP contribution in [0.2, 0.25) is 0 Å². The van der Waals surface area contributed by atoms with E-state index in [4.69, 9.17) is 0 Å². The van der Waals surface area contributed by atoms with E-state index in [9.17, 15) is 9.59 Å². The lowest BCUT2D eigenvalue weighted by atomic mass is 9.76. The summed E-state index contributed by atoms with van der Waals surface area (Å²) in [6, 6.07) is 0. The minimum Gasteiger partial charge on any atom is -0.355 e. The quantitative estimate of drug-likeness (QED) is 0.603. The molecule has 13 heavy (non-hydrogen) atoms. The van der Waals surface area contributed by atoms with E-state index in [1.54, 1.807) is 0 Å². The fourth-order valence-corrected chi connectivity index (χ4v) is 2.46. The van der Waals surface area contributed by atoms with Crippen LogP contribution < -0.4 is 5.32 Å². The number of nitrogens with one attached hydrogen (secondary N) is 1. The van der Waals surface area contributed by atoms with Gasteiger partial charge < -0.3 is 5.32 Å². The number of rotatable bonds is 0. The number of carbonyl (C=O) groups is 2. The minimum absolute atomic E-state index is 0.0104. The summed E-state index contributed by atoms with van der Waals surface area (Å²) in [5, 5.41) is 2.81. The molecule has 0 aromatic rings. The predicted octanol–water partition coefficient (Wildman–Crippen LogP) is 0.882. The van der Waals surface area contributed by atoms with Gasteiger partial charge in [-0.2, -0.15) is 0 Å². The zero-order chi connectivity index (χ0) is 9.26. The molecule has 0 aromatic carbocycles. The maximum Gasteiger partial charge on any atom is 0.223 e. The highest BCUT2D eigenvalue weighted by atomic mass is 16.2. The molecular weight excluding hydrogens is 166 g/mol. The summed E-state index contributed by atoms with van der Waals surface area (Å²) in [4.78, 5) is 23.1. The molecule has 2 rings (SSSR count). The van der Waals surface area contributed by atoms with Crippen molar-refractivity contribution in [2.24, 2.45) is 11.8 Å². The second kappa shape index (κ2) is 3.48. The third-order valence-electron chi connectivity index (χ3n) is 3.19. The van der Waals surface area contributed by atoms with Gasteiger partial charge in [0, 0.05) is 24.8 Å². The number of hydrogen-bond acceptors (Lipinski definition) is 2. The molecule has 2 fully saturated rings. The van der Waals surface area contributed by atoms with Gasteiger partial charge in [0.05, 0.1) is 0 Å². The van der Waals surface area contributed by atoms with Crippen molar-refractivity contribution >= 4 is 11.7 Å². The average Bonchev–Trinajstić information content (AvgIpc) is 2.29. The van der Waals surface area contributed by atoms with Crippen LogP contribution in [0.25, 0.3) is 0 Å². The predicted molar refractivity (Wildman–Crippen MR) is 48.1 cm³/mol. The van der Waals surface area contributed by atoms with Gasteiger partial charge in [-0.25, -0.2) is 0 Å². The van der Waals surface area contributed by atoms with Crippen molar-refractivity contribution in [1.82, 2.24) is 5.32 Å². The fraction of sp³-hybridized carbons (Fsp3) is 0.800. The lowest BCUT2D eigenvalue weighted by Gasteiger charge is -2.26. The van der Waals surface area contributed by atoms with E-state index < -0.39 is 0 Å². The van der Waals surface area contributed by atoms with Crippen LogP contribution in [0.1, 0.15) is 32.1 Å². The van der Waals surface area contributed by atoms with Gasteiger partial charge in [0.1, 0.15) is 5.78 Å². The topological polar surface area (TPSA) is 46.2 Å². The van der Waals surface area contributed by atoms with E-state index in [1.165, 1.54) is 0 Å². The normalized spacial score (nSPS) is 34.8. The number of ketones is 1. The molecule has 1 amide bonds. The molecule has 3 nitrogen and oxygen atoms in total. The zero-order valence-corrected chi connectivity index (χ0v) is 7.71. The molecule has 72 valence electrons. The standard InChI is InChI=1S/C10H15NO2/c12-9-5-6-11-10(13)8-4-2-1-3-7(8)9/h7-8H,1-6H2,(H,11,13)/t7-,8+/m0/s1. The molecule has 0 spiro atoms. The van der Waals surface area contributed by atoms with Crippen LogP contribution in [0.3, 0.4) is 0 Å². The van der Waals surface area contributed by atoms with Crippen LogP contribution in [0.5, 0.6) is 0 Å². The summed E-state index contributed by atoms with van der Waals surface area (Å²) in [6.45, 7) is 0.546. The number of carbonyl (C=O) groups excluding carboxylic acids is 2. The Morgan fingerprint density at radius 3 is 2.54 bits per heavy atom. The molecule has 0 bridgehead atoms. The van der Waals surface area contributed by atoms with Crippen molar-refractivity contribution in [3.63, 3.8) is 0 Å². The van der Waals surface area contributed by atoms with Crippen LogP contribution >= 0.6 is 0 Å². The molecule has 0 radical (unpaired) electrons. The van der Waals surface area contributed by atoms with Crippen LogP contribution in [-0.2, 0) is 9.59 Å². The number of fused-ring (bicyclic) bond motifs is 1. The molecule has 1 saturated heterocycles. The van der Waals surface area contributed by atoms with E-state index in [0.717, 1.165) is 25.7 Å². The van der Waals surface area contributed by atoms with Crippen molar-refractivity contribution in [1.29, 1.82) is 0 Å². The van der Waals surface area contributed by atoms with Crippen LogP contribution in [0, 0.1) is 11.8 Å². The van der Waals surface area contributed by atoms with E-state index in [2.05, 4.69) is 5.32 Å². The van der Waals surface area contributed by atoms with Crippen LogP contribution in [0.4, 0.5) is 0 Å². The van der Waals surface area contributed by atoms with E-state index in [-0.39, 0.29) is 17.7 Å². The summed E-state index contributed by atoms with van der Waals surface area (Å²) in [5.74, 6) is 0.429. The number of Topliss-reactive ketones (excluding diaryl/α,β-unsaturated/α-hetero) is 1. The van der Waals surface area contributed by atoms with E-state index in [0.29, 0.717) is 18.7 Å². The third-order valence-corrected chi connectivity index (χ3v) is 3.19. The largest absolute Gasteiger partial charge is 0.355 e. The Bertz CT molecular complexity index is 213. The number of amides is 1. The summed E-state index contributed by atoms with van der Waals surface area (Å²) in [5.41, 5.74) is 0. The van der Waals surface area contributed by atoms with Gasteiger partial charge in [-0.05, 0) is 12.8 Å². The smallest absolute Gasteiger partial charge is 0.223 e. The summed E-state index contributed by atoms with van der Waals surface area (Å²) >= 11 is 0. The van der Waals surface area contributed by atoms with Gasteiger partial charge in [-0.1, -0.05) is 12.8 Å². The molecule has 3 heteroatoms. The Hall–Kier alpha value is -0.860. The summed E-state index contributed by atoms with van der Waals surface area (Å²) < 4.78 is 0. The van der Waals surface area contributed by atoms with Gasteiger partial charge in [0.2, 0.25) is 5.91 Å². The molecule has 0 aromatic heterocycles. The second-order valence-corrected chi connectivity index (χ2v) is 4.00. The van der Waals surface area contributed by atoms with Gasteiger partial charge in [-0.15, -0.1) is 0 Å². The van der Waals surface area contributed by atoms with Crippen molar-refractivity contribution in [2.75, 3.05) is 6.54 Å². The maximum atomic E-state index is 11.6. The highest BCUT2D eigenvalue weighted by Crippen LogP contribution is 2.32. The molecule has 1 heterocycles. The first-order chi connectivity index (χ1) is 6.29. The molecule has 2 aliphatic rings. The Kier molecular flexibility index (Phi) is 2.34. The maximum absolute atomic E-state index is 11.6. The average molecular weight is 181 g/mol. The second-order valence-electron chi connectivity index (χ2n) is 4.00. The monoisotopic (exact) mass is 181 g/mol. The van der Waals surface area contributed by atoms with Gasteiger partial charge in [0.15, 0.2) is 0 Å². The highest BCUT2D eigenvalue weighted by Gasteiger charge is 2.36. The summed E-state index contributed by atoms with van der Waals surface area (Å²) in [6.07, 6.45) is 4.58. The van der Waals surface area contributed by atoms with E-state index >= 15 is 0 Å². The lowest BCUT2D eigenvalue weighted by Crippen LogP contribution is -2.35. The fourth-order valence-electron chi connectivity index (χ4n) is 2.46. The van der Waals surface area contributed by atoms with Gasteiger partial charge in [0.25, 0.3) is 0 Å². The van der Waals surface area contributed by atoms with Crippen molar-refractivity contribution in [3.8, 4) is 0 Å². The molecule has 2 atom stereocenters. The molecule has 1 aliphatic carbocycles. The van der Waals surface area contributed by atoms with Crippen LogP contribution in [-0.4, -0.2) is 18.2 Å². The summed E-state index contributed by atoms with van der Waals surface area (Å²) in [7, 11) is 0. The Labute approximate surface area is 77.9 Å². The third kappa shape index (κ3) is 1.60. The Balaban J connectivity index is 2.18. The van der Waals surface area contributed by atoms with Gasteiger partial charge >= 0.3 is 0 Å². The molecule has 1 N–H and O–H groups in total. The van der Waals surface area contributed by atoms with Crippen LogP contribution in [0.15, 0.2) is 0 Å². The SMILES string of the molecule is O=C1CCNC(=O)[C@@H]2CCCC[C@H]12. The first-order valence-corrected chi connectivity index (χ1v) is 5.09. The molecule has 0 unspecified atom stereocenters. The Morgan fingerprint density at radius 1 is 1.08 bits per heavy atom. The van der Waals surface area contributed by atoms with Crippen molar-refractivity contribution in [3.05, 3.63) is 0 Å². The number of hydrogen-bond donors (Lipinski definition) is 1. The zero-order valence-electron chi connectivity index (χ0n) is 7.71. The first-order valence-electron chi connectivity index (χ1n) is 5.09. The molecule has 1 saturated carbocycles. The van der Waals surface area contributed by atoms with E-state index in [1.807, 2.05) is 0 Å². The molecular formula is C10H15NO2. The minimum atomic E-state index is -0.0104. The first kappa shape index (κ1) is 8.73. The highest BCUT2D eigenvalue weighted by molar-refractivity contribution is 5.91. The van der Waals surface area contributed by atoms with Gasteiger partial charge in [-0.3, -0.25) is 9.59 Å². The van der Waals surface area contributed by atoms with Crippen molar-refractivity contribution < 1.29 is 9.59 Å². The molecule has 1 aliphatic heterocycles. The lowest BCUT2D eigenvalue weighted by molar-refractivity contribution is -0.132. The Morgan fingerprint density at radius 2 is 1.77 bits per heavy atom.